The molecule has 0 bridgehead atoms. The smallest absolute Gasteiger partial charge is 0.349 e. The molecular formula is C31H31NO4S. The van der Waals surface area contributed by atoms with Crippen molar-refractivity contribution in [2.45, 2.75) is 38.2 Å². The maximum absolute atomic E-state index is 13.5. The number of nitrogens with zero attached hydrogens (tertiary/aromatic N) is 1. The van der Waals surface area contributed by atoms with Crippen LogP contribution in [0.3, 0.4) is 0 Å². The van der Waals surface area contributed by atoms with Crippen LogP contribution >= 0.6 is 11.3 Å². The van der Waals surface area contributed by atoms with Gasteiger partial charge in [0.25, 0.3) is 5.91 Å². The maximum atomic E-state index is 13.5. The Hall–Kier alpha value is -3.64. The molecule has 5 nitrogen and oxygen atoms in total. The third kappa shape index (κ3) is 5.39. The molecule has 1 fully saturated rings. The Morgan fingerprint density at radius 2 is 1.78 bits per heavy atom. The standard InChI is InChI=1S/C31H31NO4S/c1-31(2,30(34)35-3)36-27-11-5-8-23(18-27)26-10-6-15-32(20-26)29(33)25-9-4-7-22(17-25)24-13-12-21-14-16-37-28(21)19-24/h4-5,7-9,11-14,16-19,26H,6,10,15,20H2,1-3H3. The second-order valence-corrected chi connectivity index (χ2v) is 11.0. The van der Waals surface area contributed by atoms with Crippen LogP contribution in [0.2, 0.25) is 0 Å². The van der Waals surface area contributed by atoms with Gasteiger partial charge in [0.2, 0.25) is 0 Å². The van der Waals surface area contributed by atoms with E-state index < -0.39 is 11.6 Å². The van der Waals surface area contributed by atoms with Gasteiger partial charge in [-0.1, -0.05) is 36.4 Å². The number of methoxy groups -OCH3 is 1. The molecule has 6 heteroatoms. The van der Waals surface area contributed by atoms with Crippen LogP contribution in [0.4, 0.5) is 0 Å². The Bertz CT molecular complexity index is 1440. The highest BCUT2D eigenvalue weighted by atomic mass is 32.1. The highest BCUT2D eigenvalue weighted by molar-refractivity contribution is 7.17. The topological polar surface area (TPSA) is 55.8 Å². The molecule has 1 aromatic heterocycles. The van der Waals surface area contributed by atoms with Crippen molar-refractivity contribution < 1.29 is 19.1 Å². The van der Waals surface area contributed by atoms with Crippen molar-refractivity contribution in [2.24, 2.45) is 0 Å². The molecule has 3 aromatic carbocycles. The molecule has 0 N–H and O–H groups in total. The van der Waals surface area contributed by atoms with Crippen LogP contribution in [0.15, 0.2) is 78.2 Å². The van der Waals surface area contributed by atoms with Gasteiger partial charge in [0.05, 0.1) is 7.11 Å². The molecular weight excluding hydrogens is 482 g/mol. The van der Waals surface area contributed by atoms with E-state index in [2.05, 4.69) is 41.8 Å². The van der Waals surface area contributed by atoms with Gasteiger partial charge in [-0.25, -0.2) is 4.79 Å². The molecule has 1 amide bonds. The van der Waals surface area contributed by atoms with Gasteiger partial charge in [-0.3, -0.25) is 4.79 Å². The van der Waals surface area contributed by atoms with Crippen LogP contribution in [-0.2, 0) is 9.53 Å². The minimum atomic E-state index is -1.08. The third-order valence-corrected chi connectivity index (χ3v) is 7.87. The van der Waals surface area contributed by atoms with Crippen molar-refractivity contribution in [1.29, 1.82) is 0 Å². The Morgan fingerprint density at radius 3 is 2.62 bits per heavy atom. The quantitative estimate of drug-likeness (QED) is 0.263. The third-order valence-electron chi connectivity index (χ3n) is 6.99. The first-order valence-corrected chi connectivity index (χ1v) is 13.5. The molecule has 4 aromatic rings. The number of carbonyl (C=O) groups is 2. The van der Waals surface area contributed by atoms with Gasteiger partial charge >= 0.3 is 5.97 Å². The molecule has 190 valence electrons. The highest BCUT2D eigenvalue weighted by Crippen LogP contribution is 2.32. The zero-order valence-corrected chi connectivity index (χ0v) is 22.2. The van der Waals surface area contributed by atoms with E-state index >= 15 is 0 Å². The number of hydrogen-bond donors (Lipinski definition) is 0. The van der Waals surface area contributed by atoms with Crippen LogP contribution in [0, 0.1) is 0 Å². The predicted octanol–water partition coefficient (Wildman–Crippen LogP) is 6.92. The first-order valence-electron chi connectivity index (χ1n) is 12.6. The number of benzene rings is 3. The molecule has 1 saturated heterocycles. The molecule has 0 aliphatic carbocycles. The number of hydrogen-bond acceptors (Lipinski definition) is 5. The minimum absolute atomic E-state index is 0.0583. The van der Waals surface area contributed by atoms with Crippen LogP contribution in [-0.4, -0.2) is 42.6 Å². The number of piperidine rings is 1. The lowest BCUT2D eigenvalue weighted by atomic mass is 9.90. The molecule has 2 heterocycles. The summed E-state index contributed by atoms with van der Waals surface area (Å²) in [6, 6.07) is 24.3. The van der Waals surface area contributed by atoms with E-state index in [4.69, 9.17) is 9.47 Å². The van der Waals surface area contributed by atoms with E-state index in [-0.39, 0.29) is 11.8 Å². The monoisotopic (exact) mass is 513 g/mol. The Labute approximate surface area is 221 Å². The molecule has 1 unspecified atom stereocenters. The summed E-state index contributed by atoms with van der Waals surface area (Å²) in [7, 11) is 1.36. The van der Waals surface area contributed by atoms with Gasteiger partial charge in [0, 0.05) is 29.3 Å². The van der Waals surface area contributed by atoms with Crippen LogP contribution in [0.5, 0.6) is 5.75 Å². The van der Waals surface area contributed by atoms with E-state index in [9.17, 15) is 9.59 Å². The van der Waals surface area contributed by atoms with Gasteiger partial charge in [-0.05, 0) is 90.5 Å². The maximum Gasteiger partial charge on any atom is 0.349 e. The van der Waals surface area contributed by atoms with Gasteiger partial charge in [0.15, 0.2) is 5.60 Å². The fourth-order valence-electron chi connectivity index (χ4n) is 5.00. The molecule has 5 rings (SSSR count). The summed E-state index contributed by atoms with van der Waals surface area (Å²) in [5.41, 5.74) is 2.90. The van der Waals surface area contributed by atoms with Crippen molar-refractivity contribution >= 4 is 33.3 Å². The molecule has 1 atom stereocenters. The van der Waals surface area contributed by atoms with Gasteiger partial charge in [0.1, 0.15) is 5.75 Å². The number of likely N-dealkylation sites (tertiary alicyclic amines) is 1. The number of esters is 1. The summed E-state index contributed by atoms with van der Waals surface area (Å²) in [5.74, 6) is 0.450. The van der Waals surface area contributed by atoms with Gasteiger partial charge in [-0.2, -0.15) is 0 Å². The van der Waals surface area contributed by atoms with E-state index in [0.29, 0.717) is 17.9 Å². The average molecular weight is 514 g/mol. The first kappa shape index (κ1) is 25.0. The van der Waals surface area contributed by atoms with Crippen molar-refractivity contribution in [3.05, 3.63) is 89.3 Å². The zero-order valence-electron chi connectivity index (χ0n) is 21.4. The molecule has 1 aliphatic heterocycles. The fourth-order valence-corrected chi connectivity index (χ4v) is 5.82. The Balaban J connectivity index is 1.32. The Morgan fingerprint density at radius 1 is 0.973 bits per heavy atom. The fraction of sp³-hybridized carbons (Fsp3) is 0.290. The molecule has 0 radical (unpaired) electrons. The van der Waals surface area contributed by atoms with Crippen molar-refractivity contribution in [3.63, 3.8) is 0 Å². The van der Waals surface area contributed by atoms with Gasteiger partial charge < -0.3 is 14.4 Å². The van der Waals surface area contributed by atoms with E-state index in [1.807, 2.05) is 41.3 Å². The lowest BCUT2D eigenvalue weighted by Gasteiger charge is -2.33. The highest BCUT2D eigenvalue weighted by Gasteiger charge is 2.32. The largest absolute Gasteiger partial charge is 0.476 e. The van der Waals surface area contributed by atoms with Gasteiger partial charge in [-0.15, -0.1) is 11.3 Å². The molecule has 1 aliphatic rings. The summed E-state index contributed by atoms with van der Waals surface area (Å²) < 4.78 is 12.1. The first-order chi connectivity index (χ1) is 17.8. The number of ether oxygens (including phenoxy) is 2. The number of fused-ring (bicyclic) bond motifs is 1. The number of carbonyl (C=O) groups excluding carboxylic acids is 2. The van der Waals surface area contributed by atoms with Crippen LogP contribution in [0.1, 0.15) is 48.5 Å². The van der Waals surface area contributed by atoms with E-state index in [1.54, 1.807) is 25.2 Å². The summed E-state index contributed by atoms with van der Waals surface area (Å²) in [6.07, 6.45) is 1.93. The molecule has 37 heavy (non-hydrogen) atoms. The van der Waals surface area contributed by atoms with Crippen LogP contribution in [0.25, 0.3) is 21.2 Å². The van der Waals surface area contributed by atoms with Crippen LogP contribution < -0.4 is 4.74 Å². The second kappa shape index (κ2) is 10.4. The van der Waals surface area contributed by atoms with E-state index in [1.165, 1.54) is 17.2 Å². The second-order valence-electron chi connectivity index (χ2n) is 10.0. The minimum Gasteiger partial charge on any atom is -0.476 e. The number of amides is 1. The summed E-state index contributed by atoms with van der Waals surface area (Å²) in [4.78, 5) is 27.6. The molecule has 0 saturated carbocycles. The summed E-state index contributed by atoms with van der Waals surface area (Å²) in [6.45, 7) is 4.78. The van der Waals surface area contributed by atoms with Crippen molar-refractivity contribution in [3.8, 4) is 16.9 Å². The van der Waals surface area contributed by atoms with Crippen molar-refractivity contribution in [2.75, 3.05) is 20.2 Å². The molecule has 0 spiro atoms. The SMILES string of the molecule is COC(=O)C(C)(C)Oc1cccc(C2CCCN(C(=O)c3cccc(-c4ccc5ccsc5c4)c3)C2)c1. The normalized spacial score (nSPS) is 16.0. The lowest BCUT2D eigenvalue weighted by molar-refractivity contribution is -0.156. The predicted molar refractivity (Wildman–Crippen MR) is 148 cm³/mol. The summed E-state index contributed by atoms with van der Waals surface area (Å²) >= 11 is 1.73. The number of thiophene rings is 1. The van der Waals surface area contributed by atoms with Crippen molar-refractivity contribution in [1.82, 2.24) is 4.90 Å². The lowest BCUT2D eigenvalue weighted by Crippen LogP contribution is -2.39. The number of rotatable bonds is 6. The Kier molecular flexibility index (Phi) is 7.02. The summed E-state index contributed by atoms with van der Waals surface area (Å²) in [5, 5.41) is 3.34. The van der Waals surface area contributed by atoms with E-state index in [0.717, 1.165) is 36.1 Å². The zero-order chi connectivity index (χ0) is 26.0. The average Bonchev–Trinajstić information content (AvgIpc) is 3.40.